The SMILES string of the molecule is Cc1ccsc1C1CC1C(=O)N[C@@H]1CCC[C@@H]1C(=O)O. The van der Waals surface area contributed by atoms with Crippen LogP contribution in [0.15, 0.2) is 11.4 Å². The van der Waals surface area contributed by atoms with Crippen LogP contribution >= 0.6 is 11.3 Å². The van der Waals surface area contributed by atoms with E-state index in [4.69, 9.17) is 5.11 Å². The van der Waals surface area contributed by atoms with E-state index in [-0.39, 0.29) is 17.9 Å². The molecule has 0 radical (unpaired) electrons. The number of aliphatic carboxylic acids is 1. The summed E-state index contributed by atoms with van der Waals surface area (Å²) in [6, 6.07) is 1.91. The Morgan fingerprint density at radius 2 is 2.15 bits per heavy atom. The fraction of sp³-hybridized carbons (Fsp3) is 0.600. The Hall–Kier alpha value is -1.36. The second kappa shape index (κ2) is 5.20. The topological polar surface area (TPSA) is 66.4 Å². The summed E-state index contributed by atoms with van der Waals surface area (Å²) in [7, 11) is 0. The Bertz CT molecular complexity index is 539. The van der Waals surface area contributed by atoms with Crippen molar-refractivity contribution >= 4 is 23.2 Å². The van der Waals surface area contributed by atoms with Crippen molar-refractivity contribution in [1.29, 1.82) is 0 Å². The molecular weight excluding hydrogens is 274 g/mol. The average molecular weight is 293 g/mol. The summed E-state index contributed by atoms with van der Waals surface area (Å²) < 4.78 is 0. The summed E-state index contributed by atoms with van der Waals surface area (Å²) >= 11 is 1.72. The molecule has 2 saturated carbocycles. The quantitative estimate of drug-likeness (QED) is 0.896. The van der Waals surface area contributed by atoms with Crippen LogP contribution < -0.4 is 5.32 Å². The predicted molar refractivity (Wildman–Crippen MR) is 76.8 cm³/mol. The van der Waals surface area contributed by atoms with E-state index in [2.05, 4.69) is 23.7 Å². The van der Waals surface area contributed by atoms with Crippen LogP contribution in [0.1, 0.15) is 42.0 Å². The minimum absolute atomic E-state index is 0.0425. The molecule has 5 heteroatoms. The fourth-order valence-corrected chi connectivity index (χ4v) is 4.36. The van der Waals surface area contributed by atoms with Gasteiger partial charge in [0.15, 0.2) is 0 Å². The van der Waals surface area contributed by atoms with Gasteiger partial charge in [0, 0.05) is 22.8 Å². The summed E-state index contributed by atoms with van der Waals surface area (Å²) in [4.78, 5) is 24.7. The monoisotopic (exact) mass is 293 g/mol. The van der Waals surface area contributed by atoms with Gasteiger partial charge in [-0.1, -0.05) is 6.42 Å². The minimum atomic E-state index is -0.783. The Morgan fingerprint density at radius 1 is 1.35 bits per heavy atom. The highest BCUT2D eigenvalue weighted by Crippen LogP contribution is 2.50. The summed E-state index contributed by atoms with van der Waals surface area (Å²) in [5.74, 6) is -0.753. The van der Waals surface area contributed by atoms with Gasteiger partial charge in [-0.2, -0.15) is 0 Å². The molecule has 3 rings (SSSR count). The zero-order chi connectivity index (χ0) is 14.3. The molecule has 1 aromatic heterocycles. The standard InChI is InChI=1S/C15H19NO3S/c1-8-5-6-20-13(8)10-7-11(10)14(17)16-12-4-2-3-9(12)15(18)19/h5-6,9-12H,2-4,7H2,1H3,(H,16,17)(H,18,19)/t9-,10?,11?,12+/m0/s1. The van der Waals surface area contributed by atoms with Gasteiger partial charge in [0.05, 0.1) is 5.92 Å². The van der Waals surface area contributed by atoms with Crippen LogP contribution in [-0.2, 0) is 9.59 Å². The molecule has 2 unspecified atom stereocenters. The third-order valence-corrected chi connectivity index (χ3v) is 5.68. The number of aryl methyl sites for hydroxylation is 1. The first-order valence-electron chi connectivity index (χ1n) is 7.15. The van der Waals surface area contributed by atoms with Crippen molar-refractivity contribution in [3.8, 4) is 0 Å². The third kappa shape index (κ3) is 2.46. The molecule has 20 heavy (non-hydrogen) atoms. The van der Waals surface area contributed by atoms with Crippen LogP contribution in [0.2, 0.25) is 0 Å². The summed E-state index contributed by atoms with van der Waals surface area (Å²) in [6.07, 6.45) is 3.26. The number of rotatable bonds is 4. The Balaban J connectivity index is 1.59. The first-order chi connectivity index (χ1) is 9.58. The minimum Gasteiger partial charge on any atom is -0.481 e. The second-order valence-electron chi connectivity index (χ2n) is 5.91. The van der Waals surface area contributed by atoms with Crippen LogP contribution in [-0.4, -0.2) is 23.0 Å². The number of nitrogens with one attached hydrogen (secondary N) is 1. The number of thiophene rings is 1. The number of carbonyl (C=O) groups is 2. The van der Waals surface area contributed by atoms with Crippen molar-refractivity contribution in [3.63, 3.8) is 0 Å². The molecule has 1 amide bonds. The third-order valence-electron chi connectivity index (χ3n) is 4.53. The Morgan fingerprint density at radius 3 is 2.80 bits per heavy atom. The van der Waals surface area contributed by atoms with Gasteiger partial charge in [-0.25, -0.2) is 0 Å². The highest BCUT2D eigenvalue weighted by Gasteiger charge is 2.46. The molecule has 0 spiro atoms. The van der Waals surface area contributed by atoms with E-state index in [1.54, 1.807) is 11.3 Å². The van der Waals surface area contributed by atoms with Crippen LogP contribution in [0.3, 0.4) is 0 Å². The number of carboxylic acids is 1. The largest absolute Gasteiger partial charge is 0.481 e. The Kier molecular flexibility index (Phi) is 3.54. The van der Waals surface area contributed by atoms with Crippen molar-refractivity contribution in [3.05, 3.63) is 21.9 Å². The first-order valence-corrected chi connectivity index (χ1v) is 8.03. The first kappa shape index (κ1) is 13.6. The zero-order valence-corrected chi connectivity index (χ0v) is 12.3. The molecule has 1 aromatic rings. The molecule has 0 saturated heterocycles. The van der Waals surface area contributed by atoms with Gasteiger partial charge in [-0.3, -0.25) is 9.59 Å². The van der Waals surface area contributed by atoms with E-state index < -0.39 is 11.9 Å². The van der Waals surface area contributed by atoms with Crippen LogP contribution in [0.4, 0.5) is 0 Å². The maximum Gasteiger partial charge on any atom is 0.308 e. The van der Waals surface area contributed by atoms with Gasteiger partial charge in [0.1, 0.15) is 0 Å². The van der Waals surface area contributed by atoms with E-state index in [9.17, 15) is 9.59 Å². The molecule has 2 N–H and O–H groups in total. The predicted octanol–water partition coefficient (Wildman–Crippen LogP) is 2.53. The molecule has 0 aliphatic heterocycles. The lowest BCUT2D eigenvalue weighted by Gasteiger charge is -2.17. The second-order valence-corrected chi connectivity index (χ2v) is 6.85. The average Bonchev–Trinajstić information content (AvgIpc) is 2.84. The molecule has 4 atom stereocenters. The van der Waals surface area contributed by atoms with Gasteiger partial charge < -0.3 is 10.4 Å². The molecule has 4 nitrogen and oxygen atoms in total. The highest BCUT2D eigenvalue weighted by molar-refractivity contribution is 7.10. The van der Waals surface area contributed by atoms with Gasteiger partial charge in [0.25, 0.3) is 0 Å². The van der Waals surface area contributed by atoms with E-state index >= 15 is 0 Å². The molecule has 0 aromatic carbocycles. The van der Waals surface area contributed by atoms with Crippen molar-refractivity contribution in [1.82, 2.24) is 5.32 Å². The maximum absolute atomic E-state index is 12.2. The molecule has 2 aliphatic rings. The van der Waals surface area contributed by atoms with E-state index in [1.807, 2.05) is 0 Å². The maximum atomic E-state index is 12.2. The lowest BCUT2D eigenvalue weighted by atomic mass is 10.0. The summed E-state index contributed by atoms with van der Waals surface area (Å²) in [6.45, 7) is 2.08. The molecule has 108 valence electrons. The Labute approximate surface area is 122 Å². The molecular formula is C15H19NO3S. The summed E-state index contributed by atoms with van der Waals surface area (Å²) in [5, 5.41) is 14.2. The van der Waals surface area contributed by atoms with E-state index in [0.717, 1.165) is 19.3 Å². The highest BCUT2D eigenvalue weighted by atomic mass is 32.1. The van der Waals surface area contributed by atoms with Crippen molar-refractivity contribution in [2.75, 3.05) is 0 Å². The molecule has 1 heterocycles. The van der Waals surface area contributed by atoms with Crippen molar-refractivity contribution in [2.45, 2.75) is 44.6 Å². The van der Waals surface area contributed by atoms with Gasteiger partial charge in [0.2, 0.25) is 5.91 Å². The van der Waals surface area contributed by atoms with Gasteiger partial charge in [-0.05, 0) is 43.2 Å². The van der Waals surface area contributed by atoms with Crippen molar-refractivity contribution < 1.29 is 14.7 Å². The molecule has 0 bridgehead atoms. The number of amides is 1. The molecule has 2 aliphatic carbocycles. The van der Waals surface area contributed by atoms with E-state index in [0.29, 0.717) is 12.3 Å². The van der Waals surface area contributed by atoms with Gasteiger partial charge in [-0.15, -0.1) is 11.3 Å². The van der Waals surface area contributed by atoms with Crippen LogP contribution in [0, 0.1) is 18.8 Å². The lowest BCUT2D eigenvalue weighted by molar-refractivity contribution is -0.142. The number of hydrogen-bond acceptors (Lipinski definition) is 3. The number of carboxylic acid groups (broad SMARTS) is 1. The van der Waals surface area contributed by atoms with E-state index in [1.165, 1.54) is 10.4 Å². The number of hydrogen-bond donors (Lipinski definition) is 2. The van der Waals surface area contributed by atoms with Crippen LogP contribution in [0.5, 0.6) is 0 Å². The fourth-order valence-electron chi connectivity index (χ4n) is 3.26. The molecule has 2 fully saturated rings. The smallest absolute Gasteiger partial charge is 0.308 e. The summed E-state index contributed by atoms with van der Waals surface area (Å²) in [5.41, 5.74) is 1.26. The normalized spacial score (nSPS) is 32.0. The number of carbonyl (C=O) groups excluding carboxylic acids is 1. The van der Waals surface area contributed by atoms with Gasteiger partial charge >= 0.3 is 5.97 Å². The van der Waals surface area contributed by atoms with Crippen molar-refractivity contribution in [2.24, 2.45) is 11.8 Å². The zero-order valence-electron chi connectivity index (χ0n) is 11.5. The lowest BCUT2D eigenvalue weighted by Crippen LogP contribution is -2.41. The van der Waals surface area contributed by atoms with Crippen LogP contribution in [0.25, 0.3) is 0 Å².